The standard InChI is InChI=1S/C11H14ClNO2/c1-2-3-9-15-11(14)13(12)10-7-5-4-6-8-10/h4-8H,2-3,9H2,1H3. The fourth-order valence-electron chi connectivity index (χ4n) is 1.02. The largest absolute Gasteiger partial charge is 0.448 e. The van der Waals surface area contributed by atoms with Gasteiger partial charge in [-0.25, -0.2) is 4.79 Å². The van der Waals surface area contributed by atoms with Crippen LogP contribution in [-0.4, -0.2) is 12.7 Å². The lowest BCUT2D eigenvalue weighted by atomic mass is 10.3. The molecule has 0 aliphatic carbocycles. The molecule has 0 bridgehead atoms. The highest BCUT2D eigenvalue weighted by Gasteiger charge is 2.13. The number of carbonyl (C=O) groups is 1. The number of nitrogens with zero attached hydrogens (tertiary/aromatic N) is 1. The first-order valence-corrected chi connectivity index (χ1v) is 5.27. The lowest BCUT2D eigenvalue weighted by molar-refractivity contribution is 0.156. The maximum Gasteiger partial charge on any atom is 0.429 e. The van der Waals surface area contributed by atoms with Crippen LogP contribution in [0.15, 0.2) is 30.3 Å². The van der Waals surface area contributed by atoms with E-state index in [2.05, 4.69) is 0 Å². The van der Waals surface area contributed by atoms with Gasteiger partial charge in [-0.3, -0.25) is 0 Å². The van der Waals surface area contributed by atoms with E-state index in [1.165, 1.54) is 0 Å². The Morgan fingerprint density at radius 3 is 2.67 bits per heavy atom. The van der Waals surface area contributed by atoms with Crippen molar-refractivity contribution >= 4 is 23.6 Å². The van der Waals surface area contributed by atoms with Gasteiger partial charge in [0.05, 0.1) is 12.3 Å². The van der Waals surface area contributed by atoms with E-state index >= 15 is 0 Å². The van der Waals surface area contributed by atoms with Crippen molar-refractivity contribution in [3.63, 3.8) is 0 Å². The summed E-state index contributed by atoms with van der Waals surface area (Å²) in [6, 6.07) is 8.97. The third-order valence-corrected chi connectivity index (χ3v) is 2.20. The predicted molar refractivity (Wildman–Crippen MR) is 61.0 cm³/mol. The SMILES string of the molecule is CCCCOC(=O)N(Cl)c1ccccc1. The number of para-hydroxylation sites is 1. The molecule has 0 saturated heterocycles. The van der Waals surface area contributed by atoms with E-state index in [4.69, 9.17) is 16.5 Å². The summed E-state index contributed by atoms with van der Waals surface area (Å²) in [6.07, 6.45) is 1.31. The van der Waals surface area contributed by atoms with Crippen molar-refractivity contribution < 1.29 is 9.53 Å². The van der Waals surface area contributed by atoms with Crippen LogP contribution in [0.25, 0.3) is 0 Å². The number of rotatable bonds is 4. The van der Waals surface area contributed by atoms with E-state index < -0.39 is 6.09 Å². The number of hydrogen-bond donors (Lipinski definition) is 0. The van der Waals surface area contributed by atoms with E-state index in [-0.39, 0.29) is 0 Å². The summed E-state index contributed by atoms with van der Waals surface area (Å²) in [5, 5.41) is 0. The van der Waals surface area contributed by atoms with Crippen molar-refractivity contribution in [3.8, 4) is 0 Å². The monoisotopic (exact) mass is 227 g/mol. The number of anilines is 1. The van der Waals surface area contributed by atoms with Crippen LogP contribution in [0.1, 0.15) is 19.8 Å². The van der Waals surface area contributed by atoms with Gasteiger partial charge in [-0.15, -0.1) is 0 Å². The Morgan fingerprint density at radius 2 is 2.07 bits per heavy atom. The molecule has 0 aromatic heterocycles. The zero-order valence-corrected chi connectivity index (χ0v) is 9.41. The summed E-state index contributed by atoms with van der Waals surface area (Å²) in [5.41, 5.74) is 0.612. The van der Waals surface area contributed by atoms with Gasteiger partial charge >= 0.3 is 6.09 Å². The molecular weight excluding hydrogens is 214 g/mol. The Hall–Kier alpha value is -1.22. The Bertz CT molecular complexity index is 303. The number of halogens is 1. The van der Waals surface area contributed by atoms with Crippen molar-refractivity contribution in [1.82, 2.24) is 0 Å². The van der Waals surface area contributed by atoms with Crippen molar-refractivity contribution in [2.24, 2.45) is 0 Å². The molecule has 15 heavy (non-hydrogen) atoms. The van der Waals surface area contributed by atoms with Crippen molar-refractivity contribution in [2.75, 3.05) is 11.0 Å². The van der Waals surface area contributed by atoms with Crippen LogP contribution < -0.4 is 4.42 Å². The predicted octanol–water partition coefficient (Wildman–Crippen LogP) is 3.58. The summed E-state index contributed by atoms with van der Waals surface area (Å²) >= 11 is 5.79. The lowest BCUT2D eigenvalue weighted by Gasteiger charge is -2.13. The fraction of sp³-hybridized carbons (Fsp3) is 0.364. The molecule has 0 N–H and O–H groups in total. The van der Waals surface area contributed by atoms with Crippen LogP contribution in [0.5, 0.6) is 0 Å². The topological polar surface area (TPSA) is 29.5 Å². The van der Waals surface area contributed by atoms with E-state index in [9.17, 15) is 4.79 Å². The summed E-state index contributed by atoms with van der Waals surface area (Å²) in [5.74, 6) is 0. The average molecular weight is 228 g/mol. The van der Waals surface area contributed by atoms with E-state index in [0.29, 0.717) is 12.3 Å². The third-order valence-electron chi connectivity index (χ3n) is 1.87. The number of amides is 1. The normalized spacial score (nSPS) is 9.73. The Morgan fingerprint density at radius 1 is 1.40 bits per heavy atom. The molecule has 0 fully saturated rings. The molecule has 1 aromatic carbocycles. The molecule has 3 nitrogen and oxygen atoms in total. The van der Waals surface area contributed by atoms with Crippen LogP contribution in [0.2, 0.25) is 0 Å². The van der Waals surface area contributed by atoms with Crippen LogP contribution in [0.3, 0.4) is 0 Å². The molecule has 0 heterocycles. The second kappa shape index (κ2) is 6.30. The van der Waals surface area contributed by atoms with Gasteiger partial charge in [0.15, 0.2) is 0 Å². The quantitative estimate of drug-likeness (QED) is 0.581. The van der Waals surface area contributed by atoms with Crippen LogP contribution in [0, 0.1) is 0 Å². The van der Waals surface area contributed by atoms with E-state index in [1.54, 1.807) is 12.1 Å². The zero-order valence-electron chi connectivity index (χ0n) is 8.65. The molecule has 0 spiro atoms. The van der Waals surface area contributed by atoms with Gasteiger partial charge in [-0.1, -0.05) is 31.5 Å². The molecule has 0 atom stereocenters. The maximum absolute atomic E-state index is 11.4. The highest BCUT2D eigenvalue weighted by Crippen LogP contribution is 2.16. The molecule has 0 saturated carbocycles. The summed E-state index contributed by atoms with van der Waals surface area (Å²) in [4.78, 5) is 11.4. The first kappa shape index (κ1) is 11.9. The first-order chi connectivity index (χ1) is 7.25. The molecule has 0 aliphatic heterocycles. The van der Waals surface area contributed by atoms with Gasteiger partial charge in [-0.2, -0.15) is 4.42 Å². The highest BCUT2D eigenvalue weighted by atomic mass is 35.5. The summed E-state index contributed by atoms with van der Waals surface area (Å²) in [7, 11) is 0. The molecule has 82 valence electrons. The molecule has 0 unspecified atom stereocenters. The summed E-state index contributed by atoms with van der Waals surface area (Å²) < 4.78 is 5.94. The zero-order chi connectivity index (χ0) is 11.1. The van der Waals surface area contributed by atoms with Gasteiger partial charge in [0.25, 0.3) is 0 Å². The number of ether oxygens (including phenoxy) is 1. The van der Waals surface area contributed by atoms with Crippen LogP contribution >= 0.6 is 11.8 Å². The molecule has 0 aliphatic rings. The fourth-order valence-corrected chi connectivity index (χ4v) is 1.19. The Kier molecular flexibility index (Phi) is 4.98. The van der Waals surface area contributed by atoms with Gasteiger partial charge in [0, 0.05) is 11.8 Å². The van der Waals surface area contributed by atoms with Gasteiger partial charge in [-0.05, 0) is 18.6 Å². The molecule has 4 heteroatoms. The average Bonchev–Trinajstić information content (AvgIpc) is 2.29. The lowest BCUT2D eigenvalue weighted by Crippen LogP contribution is -2.22. The Balaban J connectivity index is 2.46. The van der Waals surface area contributed by atoms with Crippen molar-refractivity contribution in [1.29, 1.82) is 0 Å². The first-order valence-electron chi connectivity index (χ1n) is 4.93. The number of hydrogen-bond acceptors (Lipinski definition) is 2. The number of benzene rings is 1. The molecular formula is C11H14ClNO2. The number of unbranched alkanes of at least 4 members (excludes halogenated alkanes) is 1. The summed E-state index contributed by atoms with van der Waals surface area (Å²) in [6.45, 7) is 2.44. The van der Waals surface area contributed by atoms with Gasteiger partial charge in [0.1, 0.15) is 0 Å². The highest BCUT2D eigenvalue weighted by molar-refractivity contribution is 6.35. The second-order valence-electron chi connectivity index (χ2n) is 3.08. The van der Waals surface area contributed by atoms with Crippen LogP contribution in [0.4, 0.5) is 10.5 Å². The van der Waals surface area contributed by atoms with E-state index in [0.717, 1.165) is 17.3 Å². The minimum atomic E-state index is -0.531. The Labute approximate surface area is 94.7 Å². The van der Waals surface area contributed by atoms with Crippen molar-refractivity contribution in [2.45, 2.75) is 19.8 Å². The van der Waals surface area contributed by atoms with Crippen molar-refractivity contribution in [3.05, 3.63) is 30.3 Å². The third kappa shape index (κ3) is 3.80. The van der Waals surface area contributed by atoms with E-state index in [1.807, 2.05) is 25.1 Å². The number of carbonyl (C=O) groups excluding carboxylic acids is 1. The second-order valence-corrected chi connectivity index (χ2v) is 3.42. The molecule has 1 aromatic rings. The minimum absolute atomic E-state index is 0.408. The maximum atomic E-state index is 11.4. The smallest absolute Gasteiger partial charge is 0.429 e. The van der Waals surface area contributed by atoms with Gasteiger partial charge < -0.3 is 4.74 Å². The minimum Gasteiger partial charge on any atom is -0.448 e. The molecule has 0 radical (unpaired) electrons. The van der Waals surface area contributed by atoms with Crippen LogP contribution in [-0.2, 0) is 4.74 Å². The van der Waals surface area contributed by atoms with Gasteiger partial charge in [0.2, 0.25) is 0 Å². The molecule has 1 amide bonds. The molecule has 1 rings (SSSR count).